The van der Waals surface area contributed by atoms with Crippen molar-refractivity contribution in [3.05, 3.63) is 0 Å². The third kappa shape index (κ3) is 0.937. The number of carbonyl (C=O) groups is 1. The summed E-state index contributed by atoms with van der Waals surface area (Å²) in [6.07, 6.45) is 0.0622. The predicted octanol–water partition coefficient (Wildman–Crippen LogP) is -0.391. The van der Waals surface area contributed by atoms with Crippen LogP contribution < -0.4 is 0 Å². The molecule has 4 heteroatoms. The van der Waals surface area contributed by atoms with Gasteiger partial charge in [-0.3, -0.25) is 4.79 Å². The number of fused-ring (bicyclic) bond motifs is 2. The van der Waals surface area contributed by atoms with Gasteiger partial charge in [0.25, 0.3) is 0 Å². The van der Waals surface area contributed by atoms with Gasteiger partial charge in [0.2, 0.25) is 0 Å². The van der Waals surface area contributed by atoms with E-state index in [9.17, 15) is 9.90 Å². The number of aliphatic hydroxyl groups is 1. The molecular formula is C7H10O4. The number of aliphatic hydroxyl groups excluding tert-OH is 1. The Balaban J connectivity index is 2.08. The van der Waals surface area contributed by atoms with Crippen LogP contribution in [0.2, 0.25) is 0 Å². The Bertz CT molecular complexity index is 189. The summed E-state index contributed by atoms with van der Waals surface area (Å²) in [6, 6.07) is 0. The van der Waals surface area contributed by atoms with Gasteiger partial charge in [0, 0.05) is 6.42 Å². The average molecular weight is 158 g/mol. The van der Waals surface area contributed by atoms with Crippen LogP contribution in [0.1, 0.15) is 12.8 Å². The molecule has 2 rings (SSSR count). The lowest BCUT2D eigenvalue weighted by Gasteiger charge is -2.17. The number of aliphatic carboxylic acids is 1. The van der Waals surface area contributed by atoms with E-state index in [4.69, 9.17) is 9.84 Å². The van der Waals surface area contributed by atoms with Crippen LogP contribution in [0, 0.1) is 5.92 Å². The molecule has 0 unspecified atom stereocenters. The molecule has 0 radical (unpaired) electrons. The van der Waals surface area contributed by atoms with Crippen molar-refractivity contribution >= 4 is 5.97 Å². The van der Waals surface area contributed by atoms with Gasteiger partial charge in [-0.15, -0.1) is 0 Å². The van der Waals surface area contributed by atoms with Crippen LogP contribution in [0.5, 0.6) is 0 Å². The van der Waals surface area contributed by atoms with Crippen molar-refractivity contribution in [2.75, 3.05) is 0 Å². The minimum absolute atomic E-state index is 0.221. The Morgan fingerprint density at radius 2 is 2.09 bits per heavy atom. The molecule has 0 spiro atoms. The number of carboxylic acids is 1. The van der Waals surface area contributed by atoms with Crippen molar-refractivity contribution in [2.24, 2.45) is 5.92 Å². The van der Waals surface area contributed by atoms with Crippen molar-refractivity contribution < 1.29 is 19.7 Å². The first kappa shape index (κ1) is 7.06. The van der Waals surface area contributed by atoms with Crippen molar-refractivity contribution in [3.8, 4) is 0 Å². The normalized spacial score (nSPS) is 48.1. The van der Waals surface area contributed by atoms with E-state index < -0.39 is 12.1 Å². The summed E-state index contributed by atoms with van der Waals surface area (Å²) in [5.41, 5.74) is 0. The first-order valence-corrected chi connectivity index (χ1v) is 3.75. The highest BCUT2D eigenvalue weighted by molar-refractivity contribution is 5.71. The van der Waals surface area contributed by atoms with Gasteiger partial charge in [-0.05, 0) is 6.42 Å². The number of rotatable bonds is 1. The average Bonchev–Trinajstić information content (AvgIpc) is 2.43. The van der Waals surface area contributed by atoms with Crippen LogP contribution in [0.15, 0.2) is 0 Å². The summed E-state index contributed by atoms with van der Waals surface area (Å²) in [5.74, 6) is -1.19. The van der Waals surface area contributed by atoms with E-state index in [1.54, 1.807) is 0 Å². The highest BCUT2D eigenvalue weighted by Crippen LogP contribution is 2.38. The van der Waals surface area contributed by atoms with E-state index in [1.165, 1.54) is 0 Å². The second-order valence-corrected chi connectivity index (χ2v) is 3.20. The van der Waals surface area contributed by atoms with E-state index in [1.807, 2.05) is 0 Å². The molecular weight excluding hydrogens is 148 g/mol. The molecule has 0 aliphatic carbocycles. The van der Waals surface area contributed by atoms with E-state index in [0.29, 0.717) is 12.8 Å². The summed E-state index contributed by atoms with van der Waals surface area (Å²) in [6.45, 7) is 0. The van der Waals surface area contributed by atoms with Gasteiger partial charge in [-0.25, -0.2) is 0 Å². The van der Waals surface area contributed by atoms with Gasteiger partial charge in [-0.1, -0.05) is 0 Å². The molecule has 11 heavy (non-hydrogen) atoms. The summed E-state index contributed by atoms with van der Waals surface area (Å²) >= 11 is 0. The number of hydrogen-bond donors (Lipinski definition) is 2. The first-order valence-electron chi connectivity index (χ1n) is 3.75. The molecule has 2 N–H and O–H groups in total. The zero-order valence-electron chi connectivity index (χ0n) is 5.93. The van der Waals surface area contributed by atoms with Crippen molar-refractivity contribution in [1.29, 1.82) is 0 Å². The van der Waals surface area contributed by atoms with Gasteiger partial charge < -0.3 is 14.9 Å². The van der Waals surface area contributed by atoms with Crippen LogP contribution in [-0.2, 0) is 9.53 Å². The molecule has 0 saturated carbocycles. The Hall–Kier alpha value is -0.610. The van der Waals surface area contributed by atoms with Crippen LogP contribution >= 0.6 is 0 Å². The lowest BCUT2D eigenvalue weighted by atomic mass is 9.88. The SMILES string of the molecule is O=C(O)[C@H]1C[C@H]2O[C@@H]1C[C@@H]2O. The highest BCUT2D eigenvalue weighted by Gasteiger charge is 2.49. The summed E-state index contributed by atoms with van der Waals surface area (Å²) in [5, 5.41) is 17.9. The fourth-order valence-electron chi connectivity index (χ4n) is 1.89. The molecule has 2 aliphatic rings. The standard InChI is InChI=1S/C7H10O4/c8-4-2-5-3(7(9)10)1-6(4)11-5/h3-6,8H,1-2H2,(H,9,10)/t3-,4-,5+,6+/m0/s1. The largest absolute Gasteiger partial charge is 0.481 e. The lowest BCUT2D eigenvalue weighted by molar-refractivity contribution is -0.143. The molecule has 0 amide bonds. The minimum atomic E-state index is -0.801. The fraction of sp³-hybridized carbons (Fsp3) is 0.857. The fourth-order valence-corrected chi connectivity index (χ4v) is 1.89. The molecule has 0 aromatic heterocycles. The topological polar surface area (TPSA) is 66.8 Å². The third-order valence-electron chi connectivity index (χ3n) is 2.50. The lowest BCUT2D eigenvalue weighted by Crippen LogP contribution is -2.31. The second-order valence-electron chi connectivity index (χ2n) is 3.20. The molecule has 2 aliphatic heterocycles. The van der Waals surface area contributed by atoms with E-state index in [-0.39, 0.29) is 18.1 Å². The van der Waals surface area contributed by atoms with Crippen molar-refractivity contribution in [2.45, 2.75) is 31.2 Å². The van der Waals surface area contributed by atoms with Gasteiger partial charge in [-0.2, -0.15) is 0 Å². The van der Waals surface area contributed by atoms with Crippen molar-refractivity contribution in [1.82, 2.24) is 0 Å². The van der Waals surface area contributed by atoms with Crippen LogP contribution in [0.3, 0.4) is 0 Å². The Labute approximate surface area is 63.8 Å². The van der Waals surface area contributed by atoms with E-state index >= 15 is 0 Å². The van der Waals surface area contributed by atoms with E-state index in [0.717, 1.165) is 0 Å². The van der Waals surface area contributed by atoms with Gasteiger partial charge in [0.05, 0.1) is 24.2 Å². The summed E-state index contributed by atoms with van der Waals surface area (Å²) in [7, 11) is 0. The molecule has 0 aromatic rings. The first-order chi connectivity index (χ1) is 5.18. The van der Waals surface area contributed by atoms with Gasteiger partial charge in [0.15, 0.2) is 0 Å². The van der Waals surface area contributed by atoms with Crippen LogP contribution in [-0.4, -0.2) is 34.5 Å². The molecule has 2 heterocycles. The monoisotopic (exact) mass is 158 g/mol. The zero-order valence-corrected chi connectivity index (χ0v) is 5.93. The van der Waals surface area contributed by atoms with E-state index in [2.05, 4.69) is 0 Å². The third-order valence-corrected chi connectivity index (χ3v) is 2.50. The maximum Gasteiger partial charge on any atom is 0.309 e. The summed E-state index contributed by atoms with van der Waals surface area (Å²) < 4.78 is 5.23. The number of carboxylic acid groups (broad SMARTS) is 1. The quantitative estimate of drug-likeness (QED) is 0.545. The molecule has 4 nitrogen and oxygen atoms in total. The Morgan fingerprint density at radius 3 is 2.45 bits per heavy atom. The maximum absolute atomic E-state index is 10.5. The zero-order chi connectivity index (χ0) is 8.01. The Kier molecular flexibility index (Phi) is 1.40. The Morgan fingerprint density at radius 1 is 1.36 bits per heavy atom. The second kappa shape index (κ2) is 2.19. The number of hydrogen-bond acceptors (Lipinski definition) is 3. The van der Waals surface area contributed by atoms with Gasteiger partial charge >= 0.3 is 5.97 Å². The minimum Gasteiger partial charge on any atom is -0.481 e. The number of ether oxygens (including phenoxy) is 1. The molecule has 0 aromatic carbocycles. The maximum atomic E-state index is 10.5. The molecule has 62 valence electrons. The molecule has 2 saturated heterocycles. The van der Waals surface area contributed by atoms with Crippen molar-refractivity contribution in [3.63, 3.8) is 0 Å². The smallest absolute Gasteiger partial charge is 0.309 e. The van der Waals surface area contributed by atoms with Crippen LogP contribution in [0.4, 0.5) is 0 Å². The molecule has 2 bridgehead atoms. The van der Waals surface area contributed by atoms with Gasteiger partial charge in [0.1, 0.15) is 0 Å². The molecule has 4 atom stereocenters. The molecule has 2 fully saturated rings. The predicted molar refractivity (Wildman–Crippen MR) is 35.0 cm³/mol. The van der Waals surface area contributed by atoms with Crippen LogP contribution in [0.25, 0.3) is 0 Å². The summed E-state index contributed by atoms with van der Waals surface area (Å²) in [4.78, 5) is 10.5. The highest BCUT2D eigenvalue weighted by atomic mass is 16.5.